The number of guanidine groups is 1. The van der Waals surface area contributed by atoms with Crippen LogP contribution in [0.15, 0.2) is 23.2 Å². The Bertz CT molecular complexity index is 547. The van der Waals surface area contributed by atoms with Crippen molar-refractivity contribution in [3.8, 4) is 0 Å². The van der Waals surface area contributed by atoms with Gasteiger partial charge in [0.15, 0.2) is 5.96 Å². The predicted molar refractivity (Wildman–Crippen MR) is 106 cm³/mol. The minimum Gasteiger partial charge on any atom is -0.363 e. The zero-order valence-electron chi connectivity index (χ0n) is 16.4. The molecule has 6 heteroatoms. The summed E-state index contributed by atoms with van der Waals surface area (Å²) in [4.78, 5) is 13.6. The van der Waals surface area contributed by atoms with Gasteiger partial charge in [-0.25, -0.2) is 4.98 Å². The lowest BCUT2D eigenvalue weighted by Gasteiger charge is -2.33. The molecular weight excluding hydrogens is 312 g/mol. The summed E-state index contributed by atoms with van der Waals surface area (Å²) in [5, 5.41) is 6.95. The fourth-order valence-corrected chi connectivity index (χ4v) is 3.15. The van der Waals surface area contributed by atoms with E-state index >= 15 is 0 Å². The van der Waals surface area contributed by atoms with E-state index in [1.807, 2.05) is 44.2 Å². The monoisotopic (exact) mass is 346 g/mol. The predicted octanol–water partition coefficient (Wildman–Crippen LogP) is 1.93. The molecule has 0 atom stereocenters. The molecule has 0 bridgehead atoms. The number of hydrogen-bond donors (Lipinski definition) is 2. The lowest BCUT2D eigenvalue weighted by molar-refractivity contribution is 0.187. The number of nitrogens with one attached hydrogen (secondary N) is 2. The normalized spacial score (nSPS) is 17.0. The van der Waals surface area contributed by atoms with E-state index in [0.717, 1.165) is 23.4 Å². The van der Waals surface area contributed by atoms with Gasteiger partial charge in [0.1, 0.15) is 5.82 Å². The molecule has 2 N–H and O–H groups in total. The highest BCUT2D eigenvalue weighted by Crippen LogP contribution is 2.12. The molecule has 0 amide bonds. The highest BCUT2D eigenvalue weighted by molar-refractivity contribution is 5.79. The summed E-state index contributed by atoms with van der Waals surface area (Å²) in [7, 11) is 5.84. The molecular formula is C19H34N6. The van der Waals surface area contributed by atoms with Gasteiger partial charge in [-0.3, -0.25) is 4.99 Å². The van der Waals surface area contributed by atoms with Crippen LogP contribution in [0.1, 0.15) is 32.4 Å². The summed E-state index contributed by atoms with van der Waals surface area (Å²) < 4.78 is 0. The number of hydrogen-bond acceptors (Lipinski definition) is 4. The SMILES string of the molecule is CN=C(NCc1cccc(N(C)C)n1)NC1CCN(CC(C)C)CC1. The summed E-state index contributed by atoms with van der Waals surface area (Å²) >= 11 is 0. The average molecular weight is 347 g/mol. The van der Waals surface area contributed by atoms with Crippen LogP contribution in [0, 0.1) is 5.92 Å². The minimum atomic E-state index is 0.496. The number of aromatic nitrogens is 1. The minimum absolute atomic E-state index is 0.496. The number of rotatable bonds is 6. The van der Waals surface area contributed by atoms with Gasteiger partial charge in [-0.1, -0.05) is 19.9 Å². The fourth-order valence-electron chi connectivity index (χ4n) is 3.15. The van der Waals surface area contributed by atoms with Crippen LogP contribution in [-0.2, 0) is 6.54 Å². The number of nitrogens with zero attached hydrogens (tertiary/aromatic N) is 4. The van der Waals surface area contributed by atoms with E-state index in [0.29, 0.717) is 12.6 Å². The van der Waals surface area contributed by atoms with Crippen LogP contribution in [0.25, 0.3) is 0 Å². The molecule has 0 radical (unpaired) electrons. The van der Waals surface area contributed by atoms with Crippen LogP contribution in [0.3, 0.4) is 0 Å². The van der Waals surface area contributed by atoms with Gasteiger partial charge in [0.05, 0.1) is 12.2 Å². The Morgan fingerprint density at radius 1 is 1.32 bits per heavy atom. The molecule has 25 heavy (non-hydrogen) atoms. The topological polar surface area (TPSA) is 55.8 Å². The first-order chi connectivity index (χ1) is 12.0. The van der Waals surface area contributed by atoms with Gasteiger partial charge >= 0.3 is 0 Å². The summed E-state index contributed by atoms with van der Waals surface area (Å²) in [6, 6.07) is 6.59. The number of aliphatic imine (C=N–C) groups is 1. The molecule has 1 fully saturated rings. The lowest BCUT2D eigenvalue weighted by Crippen LogP contribution is -2.49. The third-order valence-electron chi connectivity index (χ3n) is 4.46. The Morgan fingerprint density at radius 2 is 2.04 bits per heavy atom. The molecule has 1 aromatic rings. The summed E-state index contributed by atoms with van der Waals surface area (Å²) in [5.41, 5.74) is 1.01. The molecule has 0 unspecified atom stereocenters. The van der Waals surface area contributed by atoms with Crippen LogP contribution in [0.5, 0.6) is 0 Å². The van der Waals surface area contributed by atoms with Gasteiger partial charge in [0, 0.05) is 46.8 Å². The Morgan fingerprint density at radius 3 is 2.64 bits per heavy atom. The van der Waals surface area contributed by atoms with Gasteiger partial charge < -0.3 is 20.4 Å². The van der Waals surface area contributed by atoms with E-state index in [1.165, 1.54) is 32.5 Å². The van der Waals surface area contributed by atoms with Gasteiger partial charge in [0.2, 0.25) is 0 Å². The van der Waals surface area contributed by atoms with Crippen molar-refractivity contribution in [1.82, 2.24) is 20.5 Å². The van der Waals surface area contributed by atoms with Crippen molar-refractivity contribution < 1.29 is 0 Å². The standard InChI is InChI=1S/C19H34N6/c1-15(2)14-25-11-9-16(10-12-25)23-19(20-3)21-13-17-7-6-8-18(22-17)24(4)5/h6-8,15-16H,9-14H2,1-5H3,(H2,20,21,23). The van der Waals surface area contributed by atoms with Crippen molar-refractivity contribution >= 4 is 11.8 Å². The molecule has 140 valence electrons. The number of anilines is 1. The quantitative estimate of drug-likeness (QED) is 0.609. The first kappa shape index (κ1) is 19.5. The Balaban J connectivity index is 1.79. The molecule has 0 aromatic carbocycles. The molecule has 1 aliphatic heterocycles. The van der Waals surface area contributed by atoms with E-state index < -0.39 is 0 Å². The summed E-state index contributed by atoms with van der Waals surface area (Å²) in [6.45, 7) is 8.78. The van der Waals surface area contributed by atoms with Crippen LogP contribution >= 0.6 is 0 Å². The third-order valence-corrected chi connectivity index (χ3v) is 4.46. The maximum atomic E-state index is 4.64. The second-order valence-electron chi connectivity index (χ2n) is 7.42. The highest BCUT2D eigenvalue weighted by atomic mass is 15.2. The van der Waals surface area contributed by atoms with Crippen LogP contribution in [0.4, 0.5) is 5.82 Å². The Hall–Kier alpha value is -1.82. The molecule has 2 heterocycles. The number of pyridine rings is 1. The van der Waals surface area contributed by atoms with Crippen molar-refractivity contribution in [1.29, 1.82) is 0 Å². The molecule has 0 aliphatic carbocycles. The van der Waals surface area contributed by atoms with Crippen LogP contribution < -0.4 is 15.5 Å². The Labute approximate surface area is 152 Å². The molecule has 6 nitrogen and oxygen atoms in total. The maximum absolute atomic E-state index is 4.64. The molecule has 0 saturated carbocycles. The van der Waals surface area contributed by atoms with Crippen molar-refractivity contribution in [2.45, 2.75) is 39.3 Å². The van der Waals surface area contributed by atoms with Crippen LogP contribution in [0.2, 0.25) is 0 Å². The zero-order valence-corrected chi connectivity index (χ0v) is 16.4. The highest BCUT2D eigenvalue weighted by Gasteiger charge is 2.20. The fraction of sp³-hybridized carbons (Fsp3) is 0.684. The van der Waals surface area contributed by atoms with Crippen molar-refractivity contribution in [3.63, 3.8) is 0 Å². The first-order valence-corrected chi connectivity index (χ1v) is 9.30. The van der Waals surface area contributed by atoms with E-state index in [2.05, 4.69) is 39.4 Å². The van der Waals surface area contributed by atoms with E-state index in [1.54, 1.807) is 0 Å². The third kappa shape index (κ3) is 6.53. The summed E-state index contributed by atoms with van der Waals surface area (Å²) in [6.07, 6.45) is 2.34. The molecule has 1 aliphatic rings. The molecule has 2 rings (SSSR count). The number of piperidine rings is 1. The van der Waals surface area contributed by atoms with Crippen molar-refractivity contribution in [2.75, 3.05) is 45.7 Å². The average Bonchev–Trinajstić information content (AvgIpc) is 2.59. The van der Waals surface area contributed by atoms with Gasteiger partial charge in [0.25, 0.3) is 0 Å². The lowest BCUT2D eigenvalue weighted by atomic mass is 10.0. The molecule has 1 aromatic heterocycles. The molecule has 0 spiro atoms. The second kappa shape index (κ2) is 9.61. The van der Waals surface area contributed by atoms with Crippen molar-refractivity contribution in [2.24, 2.45) is 10.9 Å². The maximum Gasteiger partial charge on any atom is 0.191 e. The largest absolute Gasteiger partial charge is 0.363 e. The first-order valence-electron chi connectivity index (χ1n) is 9.30. The smallest absolute Gasteiger partial charge is 0.191 e. The number of likely N-dealkylation sites (tertiary alicyclic amines) is 1. The second-order valence-corrected chi connectivity index (χ2v) is 7.42. The summed E-state index contributed by atoms with van der Waals surface area (Å²) in [5.74, 6) is 2.57. The zero-order chi connectivity index (χ0) is 18.2. The van der Waals surface area contributed by atoms with E-state index in [-0.39, 0.29) is 0 Å². The van der Waals surface area contributed by atoms with E-state index in [4.69, 9.17) is 0 Å². The van der Waals surface area contributed by atoms with Gasteiger partial charge in [-0.05, 0) is 30.9 Å². The van der Waals surface area contributed by atoms with E-state index in [9.17, 15) is 0 Å². The van der Waals surface area contributed by atoms with Gasteiger partial charge in [-0.15, -0.1) is 0 Å². The molecule has 1 saturated heterocycles. The van der Waals surface area contributed by atoms with Crippen molar-refractivity contribution in [3.05, 3.63) is 23.9 Å². The Kier molecular flexibility index (Phi) is 7.50. The van der Waals surface area contributed by atoms with Crippen LogP contribution in [-0.4, -0.2) is 62.7 Å². The van der Waals surface area contributed by atoms with Gasteiger partial charge in [-0.2, -0.15) is 0 Å².